The molecule has 1 atom stereocenters. The van der Waals surface area contributed by atoms with Gasteiger partial charge >= 0.3 is 5.97 Å². The molecule has 1 amide bonds. The van der Waals surface area contributed by atoms with Crippen molar-refractivity contribution in [1.29, 1.82) is 0 Å². The first kappa shape index (κ1) is 22.6. The van der Waals surface area contributed by atoms with E-state index in [1.54, 1.807) is 54.2 Å². The largest absolute Gasteiger partial charge is 0.462 e. The van der Waals surface area contributed by atoms with E-state index < -0.39 is 11.9 Å². The van der Waals surface area contributed by atoms with Crippen LogP contribution in [0.1, 0.15) is 40.5 Å². The van der Waals surface area contributed by atoms with Crippen LogP contribution in [0.5, 0.6) is 0 Å². The third kappa shape index (κ3) is 4.35. The number of amides is 1. The Hall–Kier alpha value is -4.18. The molecule has 0 bridgehead atoms. The number of nitrogens with zero attached hydrogens (tertiary/aromatic N) is 5. The van der Waals surface area contributed by atoms with Crippen LogP contribution in [-0.4, -0.2) is 50.1 Å². The third-order valence-corrected chi connectivity index (χ3v) is 5.81. The van der Waals surface area contributed by atoms with Crippen molar-refractivity contribution >= 4 is 28.6 Å². The number of rotatable bonds is 5. The normalized spacial score (nSPS) is 16.1. The molecule has 0 radical (unpaired) electrons. The lowest BCUT2D eigenvalue weighted by atomic mass is 10.1. The molecular formula is C25H23N5O5. The van der Waals surface area contributed by atoms with E-state index in [4.69, 9.17) is 14.5 Å². The molecule has 1 fully saturated rings. The fourth-order valence-corrected chi connectivity index (χ4v) is 4.17. The first-order valence-corrected chi connectivity index (χ1v) is 11.4. The Kier molecular flexibility index (Phi) is 6.19. The van der Waals surface area contributed by atoms with E-state index in [-0.39, 0.29) is 46.8 Å². The molecule has 35 heavy (non-hydrogen) atoms. The molecule has 0 saturated carbocycles. The molecule has 1 aliphatic heterocycles. The molecule has 5 rings (SSSR count). The molecule has 0 N–H and O–H groups in total. The lowest BCUT2D eigenvalue weighted by Crippen LogP contribution is -2.35. The van der Waals surface area contributed by atoms with Crippen molar-refractivity contribution in [2.24, 2.45) is 4.99 Å². The fraction of sp³-hybridized carbons (Fsp3) is 0.280. The molecule has 10 nitrogen and oxygen atoms in total. The van der Waals surface area contributed by atoms with Gasteiger partial charge in [-0.05, 0) is 50.1 Å². The number of hydrogen-bond donors (Lipinski definition) is 0. The van der Waals surface area contributed by atoms with Gasteiger partial charge in [0.05, 0.1) is 30.2 Å². The Morgan fingerprint density at radius 3 is 2.89 bits per heavy atom. The number of aromatic nitrogens is 4. The summed E-state index contributed by atoms with van der Waals surface area (Å²) in [4.78, 5) is 52.5. The van der Waals surface area contributed by atoms with Crippen LogP contribution in [0.2, 0.25) is 0 Å². The summed E-state index contributed by atoms with van der Waals surface area (Å²) in [7, 11) is 0. The highest BCUT2D eigenvalue weighted by atomic mass is 16.5. The van der Waals surface area contributed by atoms with Crippen LogP contribution in [-0.2, 0) is 16.0 Å². The molecule has 4 aromatic heterocycles. The van der Waals surface area contributed by atoms with Gasteiger partial charge in [0.25, 0.3) is 11.5 Å². The van der Waals surface area contributed by atoms with Gasteiger partial charge in [-0.2, -0.15) is 4.99 Å². The molecule has 10 heteroatoms. The van der Waals surface area contributed by atoms with Gasteiger partial charge in [0, 0.05) is 25.2 Å². The summed E-state index contributed by atoms with van der Waals surface area (Å²) in [6.45, 7) is 2.67. The highest BCUT2D eigenvalue weighted by Gasteiger charge is 2.24. The maximum absolute atomic E-state index is 13.4. The minimum Gasteiger partial charge on any atom is -0.462 e. The summed E-state index contributed by atoms with van der Waals surface area (Å²) in [6.07, 6.45) is 6.07. The molecule has 178 valence electrons. The van der Waals surface area contributed by atoms with Crippen molar-refractivity contribution in [2.75, 3.05) is 13.2 Å². The van der Waals surface area contributed by atoms with Crippen LogP contribution >= 0.6 is 0 Å². The molecule has 4 aromatic rings. The first-order valence-electron chi connectivity index (χ1n) is 11.4. The molecule has 1 saturated heterocycles. The summed E-state index contributed by atoms with van der Waals surface area (Å²) in [5, 5.41) is 0.211. The van der Waals surface area contributed by atoms with Gasteiger partial charge < -0.3 is 14.0 Å². The zero-order valence-corrected chi connectivity index (χ0v) is 19.1. The SMILES string of the molecule is CCOC(=O)c1cc2c(=O)n3ccccc3nc2n(CC2CCCO2)c1=NC(=O)c1cccnc1. The summed E-state index contributed by atoms with van der Waals surface area (Å²) in [5.74, 6) is -1.27. The second-order valence-electron chi connectivity index (χ2n) is 8.09. The van der Waals surface area contributed by atoms with Crippen molar-refractivity contribution in [1.82, 2.24) is 18.9 Å². The summed E-state index contributed by atoms with van der Waals surface area (Å²) < 4.78 is 14.1. The van der Waals surface area contributed by atoms with Gasteiger partial charge in [0.1, 0.15) is 16.9 Å². The lowest BCUT2D eigenvalue weighted by molar-refractivity contribution is 0.0521. The summed E-state index contributed by atoms with van der Waals surface area (Å²) >= 11 is 0. The van der Waals surface area contributed by atoms with E-state index in [2.05, 4.69) is 9.98 Å². The molecule has 0 aliphatic carbocycles. The average Bonchev–Trinajstić information content (AvgIpc) is 3.39. The Morgan fingerprint density at radius 2 is 2.14 bits per heavy atom. The maximum atomic E-state index is 13.4. The quantitative estimate of drug-likeness (QED) is 0.322. The van der Waals surface area contributed by atoms with E-state index in [1.165, 1.54) is 16.7 Å². The van der Waals surface area contributed by atoms with E-state index in [0.717, 1.165) is 12.8 Å². The molecule has 0 aromatic carbocycles. The maximum Gasteiger partial charge on any atom is 0.341 e. The molecule has 1 unspecified atom stereocenters. The Labute approximate surface area is 199 Å². The predicted octanol–water partition coefficient (Wildman–Crippen LogP) is 2.14. The van der Waals surface area contributed by atoms with Gasteiger partial charge in [-0.15, -0.1) is 0 Å². The predicted molar refractivity (Wildman–Crippen MR) is 126 cm³/mol. The molecule has 5 heterocycles. The van der Waals surface area contributed by atoms with E-state index >= 15 is 0 Å². The fourth-order valence-electron chi connectivity index (χ4n) is 4.17. The zero-order chi connectivity index (χ0) is 24.4. The van der Waals surface area contributed by atoms with Gasteiger partial charge in [0.15, 0.2) is 5.49 Å². The Balaban J connectivity index is 1.86. The molecule has 0 spiro atoms. The number of esters is 1. The highest BCUT2D eigenvalue weighted by molar-refractivity contribution is 5.97. The van der Waals surface area contributed by atoms with Crippen molar-refractivity contribution in [2.45, 2.75) is 32.4 Å². The minimum absolute atomic E-state index is 0.00404. The summed E-state index contributed by atoms with van der Waals surface area (Å²) in [6, 6.07) is 9.85. The highest BCUT2D eigenvalue weighted by Crippen LogP contribution is 2.17. The number of pyridine rings is 3. The number of hydrogen-bond acceptors (Lipinski definition) is 7. The zero-order valence-electron chi connectivity index (χ0n) is 19.1. The van der Waals surface area contributed by atoms with Gasteiger partial charge in [-0.1, -0.05) is 6.07 Å². The first-order chi connectivity index (χ1) is 17.1. The van der Waals surface area contributed by atoms with Crippen LogP contribution in [0.25, 0.3) is 16.7 Å². The monoisotopic (exact) mass is 473 g/mol. The van der Waals surface area contributed by atoms with Crippen molar-refractivity contribution in [3.63, 3.8) is 0 Å². The second-order valence-corrected chi connectivity index (χ2v) is 8.09. The van der Waals surface area contributed by atoms with E-state index in [9.17, 15) is 14.4 Å². The standard InChI is InChI=1S/C25H23N5O5/c1-2-34-25(33)19-13-18-21(27-20-9-3-4-11-29(20)24(18)32)30(15-17-8-6-12-35-17)22(19)28-23(31)16-7-5-10-26-14-16/h3-5,7,9-11,13-14,17H,2,6,8,12,15H2,1H3. The van der Waals surface area contributed by atoms with Crippen molar-refractivity contribution < 1.29 is 19.1 Å². The molecular weight excluding hydrogens is 450 g/mol. The van der Waals surface area contributed by atoms with E-state index in [0.29, 0.717) is 17.9 Å². The Morgan fingerprint density at radius 1 is 1.26 bits per heavy atom. The third-order valence-electron chi connectivity index (χ3n) is 5.81. The molecule has 1 aliphatic rings. The van der Waals surface area contributed by atoms with Crippen LogP contribution in [0, 0.1) is 0 Å². The summed E-state index contributed by atoms with van der Waals surface area (Å²) in [5.41, 5.74) is 0.721. The smallest absolute Gasteiger partial charge is 0.341 e. The van der Waals surface area contributed by atoms with Crippen LogP contribution < -0.4 is 11.0 Å². The second kappa shape index (κ2) is 9.59. The topological polar surface area (TPSA) is 117 Å². The van der Waals surface area contributed by atoms with Crippen molar-refractivity contribution in [3.8, 4) is 0 Å². The van der Waals surface area contributed by atoms with Crippen molar-refractivity contribution in [3.05, 3.63) is 82.0 Å². The Bertz CT molecular complexity index is 1550. The van der Waals surface area contributed by atoms with Crippen LogP contribution in [0.3, 0.4) is 0 Å². The van der Waals surface area contributed by atoms with E-state index in [1.807, 2.05) is 0 Å². The van der Waals surface area contributed by atoms with Gasteiger partial charge in [-0.25, -0.2) is 9.78 Å². The van der Waals surface area contributed by atoms with Crippen LogP contribution in [0.4, 0.5) is 0 Å². The number of fused-ring (bicyclic) bond motifs is 2. The van der Waals surface area contributed by atoms with Gasteiger partial charge in [0.2, 0.25) is 0 Å². The number of carbonyl (C=O) groups excluding carboxylic acids is 2. The van der Waals surface area contributed by atoms with Gasteiger partial charge in [-0.3, -0.25) is 19.0 Å². The number of carbonyl (C=O) groups is 2. The minimum atomic E-state index is -0.689. The van der Waals surface area contributed by atoms with Crippen LogP contribution in [0.15, 0.2) is 64.8 Å². The lowest BCUT2D eigenvalue weighted by Gasteiger charge is -2.18. The average molecular weight is 473 g/mol. The number of ether oxygens (including phenoxy) is 2.